The van der Waals surface area contributed by atoms with E-state index in [2.05, 4.69) is 18.7 Å². The summed E-state index contributed by atoms with van der Waals surface area (Å²) in [4.78, 5) is 30.5. The minimum absolute atomic E-state index is 0.0133. The van der Waals surface area contributed by atoms with Crippen molar-refractivity contribution < 1.29 is 33.6 Å². The van der Waals surface area contributed by atoms with Gasteiger partial charge in [-0.25, -0.2) is 0 Å². The predicted molar refractivity (Wildman–Crippen MR) is 143 cm³/mol. The number of carbonyl (C=O) groups is 2. The minimum Gasteiger partial charge on any atom is -0.507 e. The van der Waals surface area contributed by atoms with E-state index in [1.165, 1.54) is 12.0 Å². The lowest BCUT2D eigenvalue weighted by Gasteiger charge is -2.31. The average Bonchev–Trinajstić information content (AvgIpc) is 3.19. The third-order valence-electron chi connectivity index (χ3n) is 6.74. The molecule has 2 fully saturated rings. The van der Waals surface area contributed by atoms with Crippen molar-refractivity contribution in [2.24, 2.45) is 5.92 Å². The van der Waals surface area contributed by atoms with E-state index in [0.29, 0.717) is 67.2 Å². The molecule has 9 nitrogen and oxygen atoms in total. The molecule has 0 spiro atoms. The number of amides is 1. The maximum Gasteiger partial charge on any atom is 0.295 e. The van der Waals surface area contributed by atoms with Crippen LogP contribution in [-0.4, -0.2) is 86.8 Å². The number of aliphatic hydroxyl groups is 1. The van der Waals surface area contributed by atoms with Crippen LogP contribution in [0.15, 0.2) is 48.0 Å². The van der Waals surface area contributed by atoms with Gasteiger partial charge in [-0.15, -0.1) is 0 Å². The third-order valence-corrected chi connectivity index (χ3v) is 6.74. The number of carbonyl (C=O) groups excluding carboxylic acids is 2. The van der Waals surface area contributed by atoms with Crippen LogP contribution in [0.3, 0.4) is 0 Å². The molecule has 2 aromatic rings. The van der Waals surface area contributed by atoms with E-state index in [1.807, 2.05) is 0 Å². The van der Waals surface area contributed by atoms with Crippen molar-refractivity contribution in [1.29, 1.82) is 0 Å². The summed E-state index contributed by atoms with van der Waals surface area (Å²) in [6.45, 7) is 8.32. The Balaban J connectivity index is 1.75. The Morgan fingerprint density at radius 2 is 1.68 bits per heavy atom. The van der Waals surface area contributed by atoms with Gasteiger partial charge in [-0.2, -0.15) is 0 Å². The Hall–Kier alpha value is -3.56. The quantitative estimate of drug-likeness (QED) is 0.287. The summed E-state index contributed by atoms with van der Waals surface area (Å²) >= 11 is 0. The van der Waals surface area contributed by atoms with Crippen LogP contribution in [0.2, 0.25) is 0 Å². The van der Waals surface area contributed by atoms with Crippen molar-refractivity contribution >= 4 is 17.4 Å². The molecule has 9 heteroatoms. The lowest BCUT2D eigenvalue weighted by Crippen LogP contribution is -2.42. The largest absolute Gasteiger partial charge is 0.507 e. The zero-order valence-electron chi connectivity index (χ0n) is 22.4. The monoisotopic (exact) mass is 524 g/mol. The molecule has 2 saturated heterocycles. The molecule has 1 unspecified atom stereocenters. The molecule has 2 aliphatic heterocycles. The first-order valence-electron chi connectivity index (χ1n) is 12.9. The summed E-state index contributed by atoms with van der Waals surface area (Å²) in [5.74, 6) is 0.416. The Kier molecular flexibility index (Phi) is 8.91. The molecule has 204 valence electrons. The molecule has 0 radical (unpaired) electrons. The van der Waals surface area contributed by atoms with E-state index in [1.54, 1.807) is 49.6 Å². The molecule has 4 rings (SSSR count). The number of ether oxygens (including phenoxy) is 4. The van der Waals surface area contributed by atoms with Crippen molar-refractivity contribution in [3.8, 4) is 17.2 Å². The van der Waals surface area contributed by atoms with Gasteiger partial charge in [0.1, 0.15) is 23.0 Å². The fraction of sp³-hybridized carbons (Fsp3) is 0.448. The zero-order chi connectivity index (χ0) is 27.2. The van der Waals surface area contributed by atoms with E-state index in [-0.39, 0.29) is 11.3 Å². The molecule has 0 aliphatic carbocycles. The average molecular weight is 525 g/mol. The summed E-state index contributed by atoms with van der Waals surface area (Å²) in [7, 11) is 3.07. The summed E-state index contributed by atoms with van der Waals surface area (Å²) in [6.07, 6.45) is 0. The van der Waals surface area contributed by atoms with Gasteiger partial charge in [-0.1, -0.05) is 13.8 Å². The maximum atomic E-state index is 13.4. The van der Waals surface area contributed by atoms with Gasteiger partial charge in [0.05, 0.1) is 45.7 Å². The number of hydrogen-bond acceptors (Lipinski definition) is 8. The highest BCUT2D eigenvalue weighted by atomic mass is 16.5. The van der Waals surface area contributed by atoms with Gasteiger partial charge in [0.25, 0.3) is 11.7 Å². The molecular formula is C29H36N2O7. The van der Waals surface area contributed by atoms with E-state index in [4.69, 9.17) is 18.9 Å². The smallest absolute Gasteiger partial charge is 0.295 e. The number of benzene rings is 2. The lowest BCUT2D eigenvalue weighted by molar-refractivity contribution is -0.140. The Morgan fingerprint density at radius 1 is 1.00 bits per heavy atom. The molecule has 1 atom stereocenters. The van der Waals surface area contributed by atoms with Gasteiger partial charge in [0.2, 0.25) is 0 Å². The highest BCUT2D eigenvalue weighted by molar-refractivity contribution is 6.46. The Morgan fingerprint density at radius 3 is 2.32 bits per heavy atom. The summed E-state index contributed by atoms with van der Waals surface area (Å²) in [5, 5.41) is 11.4. The second-order valence-electron chi connectivity index (χ2n) is 9.78. The van der Waals surface area contributed by atoms with Crippen LogP contribution in [0.1, 0.15) is 31.0 Å². The van der Waals surface area contributed by atoms with E-state index < -0.39 is 17.7 Å². The summed E-state index contributed by atoms with van der Waals surface area (Å²) < 4.78 is 22.2. The molecule has 1 N–H and O–H groups in total. The molecule has 1 amide bonds. The number of morpholine rings is 1. The first-order chi connectivity index (χ1) is 18.3. The summed E-state index contributed by atoms with van der Waals surface area (Å²) in [6, 6.07) is 11.2. The number of aliphatic hydroxyl groups excluding tert-OH is 1. The number of ketones is 1. The SMILES string of the molecule is COc1ccc(OC)c(C2/C(=C(\O)c3ccc(OCC(C)C)cc3)C(=O)C(=O)N2CCN2CCOCC2)c1. The second-order valence-corrected chi connectivity index (χ2v) is 9.78. The highest BCUT2D eigenvalue weighted by Crippen LogP contribution is 2.43. The van der Waals surface area contributed by atoms with Crippen LogP contribution >= 0.6 is 0 Å². The van der Waals surface area contributed by atoms with Crippen molar-refractivity contribution in [3.05, 3.63) is 59.2 Å². The van der Waals surface area contributed by atoms with Gasteiger partial charge in [0.15, 0.2) is 0 Å². The number of hydrogen-bond donors (Lipinski definition) is 1. The standard InChI is InChI=1S/C29H36N2O7/c1-19(2)18-38-21-7-5-20(6-8-21)27(32)25-26(23-17-22(35-3)9-10-24(23)36-4)31(29(34)28(25)33)12-11-30-13-15-37-16-14-30/h5-10,17,19,26,32H,11-16,18H2,1-4H3/b27-25+. The Labute approximate surface area is 223 Å². The molecule has 2 heterocycles. The molecule has 0 aromatic heterocycles. The number of nitrogens with zero attached hydrogens (tertiary/aromatic N) is 2. The minimum atomic E-state index is -0.849. The van der Waals surface area contributed by atoms with Crippen molar-refractivity contribution in [1.82, 2.24) is 9.80 Å². The lowest BCUT2D eigenvalue weighted by atomic mass is 9.94. The zero-order valence-corrected chi connectivity index (χ0v) is 22.4. The molecule has 0 bridgehead atoms. The first-order valence-corrected chi connectivity index (χ1v) is 12.9. The van der Waals surface area contributed by atoms with E-state index in [0.717, 1.165) is 13.1 Å². The van der Waals surface area contributed by atoms with Crippen LogP contribution < -0.4 is 14.2 Å². The third kappa shape index (κ3) is 5.95. The van der Waals surface area contributed by atoms with Crippen molar-refractivity contribution in [2.45, 2.75) is 19.9 Å². The number of Topliss-reactive ketones (excluding diaryl/α,β-unsaturated/α-hetero) is 1. The van der Waals surface area contributed by atoms with Crippen LogP contribution in [0.5, 0.6) is 17.2 Å². The van der Waals surface area contributed by atoms with Gasteiger partial charge in [-0.05, 0) is 48.4 Å². The Bertz CT molecular complexity index is 1170. The number of methoxy groups -OCH3 is 2. The fourth-order valence-corrected chi connectivity index (χ4v) is 4.69. The van der Waals surface area contributed by atoms with Crippen LogP contribution in [0.25, 0.3) is 5.76 Å². The van der Waals surface area contributed by atoms with Gasteiger partial charge in [0, 0.05) is 37.3 Å². The first kappa shape index (κ1) is 27.5. The molecule has 0 saturated carbocycles. The maximum absolute atomic E-state index is 13.4. The van der Waals surface area contributed by atoms with Crippen LogP contribution in [0, 0.1) is 5.92 Å². The fourth-order valence-electron chi connectivity index (χ4n) is 4.69. The molecule has 2 aromatic carbocycles. The normalized spacial score (nSPS) is 19.7. The molecule has 38 heavy (non-hydrogen) atoms. The van der Waals surface area contributed by atoms with Gasteiger partial charge < -0.3 is 29.0 Å². The topological polar surface area (TPSA) is 97.8 Å². The molecule has 2 aliphatic rings. The summed E-state index contributed by atoms with van der Waals surface area (Å²) in [5.41, 5.74) is 0.991. The van der Waals surface area contributed by atoms with Crippen molar-refractivity contribution in [3.63, 3.8) is 0 Å². The van der Waals surface area contributed by atoms with E-state index >= 15 is 0 Å². The second kappa shape index (κ2) is 12.3. The molecular weight excluding hydrogens is 488 g/mol. The van der Waals surface area contributed by atoms with Crippen molar-refractivity contribution in [2.75, 3.05) is 60.2 Å². The van der Waals surface area contributed by atoms with Crippen LogP contribution in [0.4, 0.5) is 0 Å². The van der Waals surface area contributed by atoms with E-state index in [9.17, 15) is 14.7 Å². The number of rotatable bonds is 10. The van der Waals surface area contributed by atoms with Gasteiger partial charge in [-0.3, -0.25) is 14.5 Å². The number of likely N-dealkylation sites (tertiary alicyclic amines) is 1. The highest BCUT2D eigenvalue weighted by Gasteiger charge is 2.47. The predicted octanol–water partition coefficient (Wildman–Crippen LogP) is 3.49. The van der Waals surface area contributed by atoms with Crippen LogP contribution in [-0.2, 0) is 14.3 Å². The van der Waals surface area contributed by atoms with Gasteiger partial charge >= 0.3 is 0 Å².